The van der Waals surface area contributed by atoms with Gasteiger partial charge in [0, 0.05) is 13.0 Å². The molecule has 1 aromatic rings. The summed E-state index contributed by atoms with van der Waals surface area (Å²) in [5.41, 5.74) is -0.0114. The summed E-state index contributed by atoms with van der Waals surface area (Å²) in [6.45, 7) is 0.503. The lowest BCUT2D eigenvalue weighted by atomic mass is 10.1. The molecule has 0 amide bonds. The Morgan fingerprint density at radius 3 is 2.88 bits per heavy atom. The van der Waals surface area contributed by atoms with Gasteiger partial charge in [0.2, 0.25) is 0 Å². The van der Waals surface area contributed by atoms with Crippen LogP contribution in [0.15, 0.2) is 18.2 Å². The molecule has 0 heterocycles. The Morgan fingerprint density at radius 1 is 1.47 bits per heavy atom. The first-order valence-electron chi connectivity index (χ1n) is 5.36. The summed E-state index contributed by atoms with van der Waals surface area (Å²) in [5.74, 6) is 0.815. The molecular formula is C13H14FNO2. The maximum absolute atomic E-state index is 13.4. The fourth-order valence-electron chi connectivity index (χ4n) is 1.45. The molecule has 0 radical (unpaired) electrons. The fourth-order valence-corrected chi connectivity index (χ4v) is 1.45. The van der Waals surface area contributed by atoms with Crippen molar-refractivity contribution in [3.8, 4) is 12.3 Å². The Bertz CT molecular complexity index is 438. The van der Waals surface area contributed by atoms with Gasteiger partial charge in [-0.1, -0.05) is 6.07 Å². The first kappa shape index (κ1) is 13.0. The van der Waals surface area contributed by atoms with Crippen LogP contribution < -0.4 is 5.32 Å². The maximum Gasteiger partial charge on any atom is 0.337 e. The summed E-state index contributed by atoms with van der Waals surface area (Å²) in [6, 6.07) is 3.98. The van der Waals surface area contributed by atoms with Gasteiger partial charge >= 0.3 is 5.97 Å². The number of unbranched alkanes of at least 4 members (excludes halogenated alkanes) is 2. The van der Waals surface area contributed by atoms with Crippen LogP contribution >= 0.6 is 0 Å². The van der Waals surface area contributed by atoms with Crippen molar-refractivity contribution in [1.82, 2.24) is 0 Å². The second kappa shape index (κ2) is 6.54. The number of benzene rings is 1. The van der Waals surface area contributed by atoms with Crippen LogP contribution in [-0.4, -0.2) is 17.6 Å². The van der Waals surface area contributed by atoms with Gasteiger partial charge in [0.05, 0.1) is 11.3 Å². The van der Waals surface area contributed by atoms with Crippen molar-refractivity contribution in [1.29, 1.82) is 0 Å². The zero-order valence-corrected chi connectivity index (χ0v) is 9.37. The molecule has 0 fully saturated rings. The number of carbonyl (C=O) groups is 1. The van der Waals surface area contributed by atoms with Crippen LogP contribution in [0.25, 0.3) is 0 Å². The predicted molar refractivity (Wildman–Crippen MR) is 64.5 cm³/mol. The lowest BCUT2D eigenvalue weighted by Crippen LogP contribution is -2.09. The van der Waals surface area contributed by atoms with Crippen LogP contribution in [0, 0.1) is 18.2 Å². The van der Waals surface area contributed by atoms with Crippen molar-refractivity contribution in [2.75, 3.05) is 11.9 Å². The molecule has 1 rings (SSSR count). The number of terminal acetylenes is 1. The molecule has 0 saturated carbocycles. The number of para-hydroxylation sites is 1. The van der Waals surface area contributed by atoms with Gasteiger partial charge in [0.25, 0.3) is 0 Å². The van der Waals surface area contributed by atoms with Crippen LogP contribution in [0.3, 0.4) is 0 Å². The number of rotatable bonds is 6. The third kappa shape index (κ3) is 3.80. The number of hydrogen-bond donors (Lipinski definition) is 2. The van der Waals surface area contributed by atoms with E-state index in [1.807, 2.05) is 0 Å². The van der Waals surface area contributed by atoms with Crippen molar-refractivity contribution in [3.63, 3.8) is 0 Å². The molecule has 17 heavy (non-hydrogen) atoms. The smallest absolute Gasteiger partial charge is 0.337 e. The van der Waals surface area contributed by atoms with Gasteiger partial charge in [0.1, 0.15) is 5.82 Å². The van der Waals surface area contributed by atoms with Gasteiger partial charge < -0.3 is 10.4 Å². The molecule has 90 valence electrons. The van der Waals surface area contributed by atoms with E-state index >= 15 is 0 Å². The summed E-state index contributed by atoms with van der Waals surface area (Å²) >= 11 is 0. The Morgan fingerprint density at radius 2 is 2.24 bits per heavy atom. The SMILES string of the molecule is C#CCCCCNc1c(F)cccc1C(=O)O. The standard InChI is InChI=1S/C13H14FNO2/c1-2-3-4-5-9-15-12-10(13(16)17)7-6-8-11(12)14/h1,6-8,15H,3-5,9H2,(H,16,17). The summed E-state index contributed by atoms with van der Waals surface area (Å²) < 4.78 is 13.4. The van der Waals surface area contributed by atoms with E-state index in [0.29, 0.717) is 13.0 Å². The van der Waals surface area contributed by atoms with Crippen molar-refractivity contribution < 1.29 is 14.3 Å². The topological polar surface area (TPSA) is 49.3 Å². The quantitative estimate of drug-likeness (QED) is 0.588. The number of nitrogens with one attached hydrogen (secondary N) is 1. The third-order valence-electron chi connectivity index (χ3n) is 2.29. The molecule has 0 aliphatic carbocycles. The molecule has 0 spiro atoms. The highest BCUT2D eigenvalue weighted by molar-refractivity contribution is 5.94. The zero-order chi connectivity index (χ0) is 12.7. The van der Waals surface area contributed by atoms with E-state index in [1.54, 1.807) is 0 Å². The van der Waals surface area contributed by atoms with E-state index in [2.05, 4.69) is 11.2 Å². The highest BCUT2D eigenvalue weighted by Crippen LogP contribution is 2.19. The molecule has 2 N–H and O–H groups in total. The molecule has 0 atom stereocenters. The summed E-state index contributed by atoms with van der Waals surface area (Å²) in [5, 5.41) is 11.7. The zero-order valence-electron chi connectivity index (χ0n) is 9.37. The Hall–Kier alpha value is -2.02. The highest BCUT2D eigenvalue weighted by Gasteiger charge is 2.13. The van der Waals surface area contributed by atoms with E-state index in [1.165, 1.54) is 18.2 Å². The largest absolute Gasteiger partial charge is 0.478 e. The predicted octanol–water partition coefficient (Wildman–Crippen LogP) is 2.74. The maximum atomic E-state index is 13.4. The molecule has 0 aliphatic heterocycles. The second-order valence-corrected chi connectivity index (χ2v) is 3.56. The molecule has 0 saturated heterocycles. The Labute approximate surface area is 99.7 Å². The lowest BCUT2D eigenvalue weighted by molar-refractivity contribution is 0.0697. The number of carboxylic acid groups (broad SMARTS) is 1. The van der Waals surface area contributed by atoms with Gasteiger partial charge in [-0.05, 0) is 25.0 Å². The minimum atomic E-state index is -1.14. The van der Waals surface area contributed by atoms with Crippen molar-refractivity contribution in [2.24, 2.45) is 0 Å². The summed E-state index contributed by atoms with van der Waals surface area (Å²) in [4.78, 5) is 10.9. The van der Waals surface area contributed by atoms with Crippen LogP contribution in [0.4, 0.5) is 10.1 Å². The Balaban J connectivity index is 2.63. The van der Waals surface area contributed by atoms with Crippen molar-refractivity contribution in [3.05, 3.63) is 29.6 Å². The van der Waals surface area contributed by atoms with Gasteiger partial charge in [-0.3, -0.25) is 0 Å². The van der Waals surface area contributed by atoms with Gasteiger partial charge in [-0.15, -0.1) is 12.3 Å². The average molecular weight is 235 g/mol. The number of aromatic carboxylic acids is 1. The number of carboxylic acids is 1. The van der Waals surface area contributed by atoms with Crippen LogP contribution in [0.2, 0.25) is 0 Å². The van der Waals surface area contributed by atoms with E-state index in [-0.39, 0.29) is 11.3 Å². The monoisotopic (exact) mass is 235 g/mol. The van der Waals surface area contributed by atoms with E-state index in [0.717, 1.165) is 12.8 Å². The number of halogens is 1. The fraction of sp³-hybridized carbons (Fsp3) is 0.308. The first-order chi connectivity index (χ1) is 8.16. The van der Waals surface area contributed by atoms with Crippen LogP contribution in [-0.2, 0) is 0 Å². The summed E-state index contributed by atoms with van der Waals surface area (Å²) in [6.07, 6.45) is 7.38. The minimum absolute atomic E-state index is 0.0423. The molecular weight excluding hydrogens is 221 g/mol. The number of anilines is 1. The normalized spacial score (nSPS) is 9.65. The van der Waals surface area contributed by atoms with Gasteiger partial charge in [0.15, 0.2) is 0 Å². The van der Waals surface area contributed by atoms with Gasteiger partial charge in [-0.25, -0.2) is 9.18 Å². The van der Waals surface area contributed by atoms with E-state index in [9.17, 15) is 9.18 Å². The van der Waals surface area contributed by atoms with Gasteiger partial charge in [-0.2, -0.15) is 0 Å². The van der Waals surface area contributed by atoms with E-state index < -0.39 is 11.8 Å². The molecule has 1 aromatic carbocycles. The summed E-state index contributed by atoms with van der Waals surface area (Å²) in [7, 11) is 0. The Kier molecular flexibility index (Phi) is 5.02. The van der Waals surface area contributed by atoms with E-state index in [4.69, 9.17) is 11.5 Å². The molecule has 0 unspecified atom stereocenters. The van der Waals surface area contributed by atoms with Crippen molar-refractivity contribution >= 4 is 11.7 Å². The van der Waals surface area contributed by atoms with Crippen LogP contribution in [0.5, 0.6) is 0 Å². The molecule has 0 aliphatic rings. The third-order valence-corrected chi connectivity index (χ3v) is 2.29. The van der Waals surface area contributed by atoms with Crippen LogP contribution in [0.1, 0.15) is 29.6 Å². The average Bonchev–Trinajstić information content (AvgIpc) is 2.30. The molecule has 3 nitrogen and oxygen atoms in total. The van der Waals surface area contributed by atoms with Crippen molar-refractivity contribution in [2.45, 2.75) is 19.3 Å². The number of hydrogen-bond acceptors (Lipinski definition) is 2. The lowest BCUT2D eigenvalue weighted by Gasteiger charge is -2.09. The minimum Gasteiger partial charge on any atom is -0.478 e. The first-order valence-corrected chi connectivity index (χ1v) is 5.36. The molecule has 0 bridgehead atoms. The molecule has 0 aromatic heterocycles. The second-order valence-electron chi connectivity index (χ2n) is 3.56. The highest BCUT2D eigenvalue weighted by atomic mass is 19.1. The molecule has 4 heteroatoms.